The molecule has 1 aromatic heterocycles. The van der Waals surface area contributed by atoms with Gasteiger partial charge in [-0.15, -0.1) is 0 Å². The first kappa shape index (κ1) is 21.5. The molecule has 0 spiro atoms. The minimum absolute atomic E-state index is 0.0296. The Morgan fingerprint density at radius 3 is 2.56 bits per heavy atom. The van der Waals surface area contributed by atoms with Crippen molar-refractivity contribution in [1.82, 2.24) is 25.4 Å². The number of aromatic amines is 1. The summed E-state index contributed by atoms with van der Waals surface area (Å²) in [4.78, 5) is 32.1. The molecule has 1 fully saturated rings. The minimum Gasteiger partial charge on any atom is -0.494 e. The van der Waals surface area contributed by atoms with Gasteiger partial charge in [0.05, 0.1) is 19.1 Å². The van der Waals surface area contributed by atoms with Crippen LogP contribution in [0.3, 0.4) is 0 Å². The average Bonchev–Trinajstić information content (AvgIpc) is 3.42. The molecule has 1 aliphatic heterocycles. The molecule has 2 aromatic carbocycles. The van der Waals surface area contributed by atoms with Gasteiger partial charge in [-0.05, 0) is 50.1 Å². The summed E-state index contributed by atoms with van der Waals surface area (Å²) in [5.41, 5.74) is 1.50. The van der Waals surface area contributed by atoms with E-state index in [2.05, 4.69) is 20.5 Å². The molecule has 0 unspecified atom stereocenters. The van der Waals surface area contributed by atoms with Crippen LogP contribution in [0, 0.1) is 6.92 Å². The lowest BCUT2D eigenvalue weighted by Gasteiger charge is -2.22. The molecule has 8 heteroatoms. The fraction of sp³-hybridized carbons (Fsp3) is 0.333. The fourth-order valence-electron chi connectivity index (χ4n) is 3.97. The fourth-order valence-corrected chi connectivity index (χ4v) is 3.97. The predicted molar refractivity (Wildman–Crippen MR) is 119 cm³/mol. The van der Waals surface area contributed by atoms with E-state index < -0.39 is 0 Å². The monoisotopic (exact) mass is 433 g/mol. The van der Waals surface area contributed by atoms with Crippen molar-refractivity contribution in [2.24, 2.45) is 0 Å². The van der Waals surface area contributed by atoms with Crippen molar-refractivity contribution in [2.75, 3.05) is 13.2 Å². The molecule has 3 aromatic rings. The third kappa shape index (κ3) is 4.96. The van der Waals surface area contributed by atoms with Crippen LogP contribution in [0.2, 0.25) is 0 Å². The second-order valence-corrected chi connectivity index (χ2v) is 7.87. The number of likely N-dealkylation sites (tertiary alicyclic amines) is 1. The zero-order chi connectivity index (χ0) is 22.5. The highest BCUT2D eigenvalue weighted by molar-refractivity contribution is 5.94. The van der Waals surface area contributed by atoms with E-state index >= 15 is 0 Å². The molecule has 8 nitrogen and oxygen atoms in total. The molecule has 0 aliphatic carbocycles. The molecule has 0 saturated carbocycles. The molecule has 4 rings (SSSR count). The van der Waals surface area contributed by atoms with Gasteiger partial charge in [0.1, 0.15) is 11.6 Å². The van der Waals surface area contributed by atoms with Crippen molar-refractivity contribution in [3.05, 3.63) is 77.4 Å². The average molecular weight is 434 g/mol. The van der Waals surface area contributed by atoms with Crippen molar-refractivity contribution in [3.63, 3.8) is 0 Å². The Morgan fingerprint density at radius 1 is 1.16 bits per heavy atom. The lowest BCUT2D eigenvalue weighted by molar-refractivity contribution is -0.131. The molecule has 2 heterocycles. The summed E-state index contributed by atoms with van der Waals surface area (Å²) < 4.78 is 5.47. The Kier molecular flexibility index (Phi) is 6.49. The molecule has 32 heavy (non-hydrogen) atoms. The number of H-pyrrole nitrogens is 1. The van der Waals surface area contributed by atoms with Crippen LogP contribution in [-0.4, -0.2) is 51.1 Å². The van der Waals surface area contributed by atoms with Gasteiger partial charge in [0.2, 0.25) is 5.91 Å². The molecule has 166 valence electrons. The summed E-state index contributed by atoms with van der Waals surface area (Å²) in [6.07, 6.45) is 0.816. The second-order valence-electron chi connectivity index (χ2n) is 7.87. The van der Waals surface area contributed by atoms with Crippen molar-refractivity contribution >= 4 is 11.8 Å². The number of benzene rings is 2. The Bertz CT molecular complexity index is 1060. The third-order valence-electron chi connectivity index (χ3n) is 5.49. The van der Waals surface area contributed by atoms with Gasteiger partial charge in [-0.1, -0.05) is 30.3 Å². The first-order valence-electron chi connectivity index (χ1n) is 10.8. The van der Waals surface area contributed by atoms with Crippen LogP contribution >= 0.6 is 0 Å². The normalized spacial score (nSPS) is 17.9. The van der Waals surface area contributed by atoms with Gasteiger partial charge < -0.3 is 15.0 Å². The summed E-state index contributed by atoms with van der Waals surface area (Å²) in [6.45, 7) is 4.77. The Morgan fingerprint density at radius 2 is 1.91 bits per heavy atom. The molecule has 2 amide bonds. The van der Waals surface area contributed by atoms with Gasteiger partial charge in [-0.2, -0.15) is 5.10 Å². The topological polar surface area (TPSA) is 100 Å². The van der Waals surface area contributed by atoms with Crippen molar-refractivity contribution in [3.8, 4) is 5.75 Å². The number of hydrogen-bond donors (Lipinski definition) is 2. The number of amides is 2. The van der Waals surface area contributed by atoms with Crippen LogP contribution in [0.15, 0.2) is 54.6 Å². The Hall–Kier alpha value is -3.68. The maximum atomic E-state index is 13.2. The zero-order valence-corrected chi connectivity index (χ0v) is 18.2. The number of aryl methyl sites for hydroxylation is 1. The van der Waals surface area contributed by atoms with Crippen molar-refractivity contribution in [2.45, 2.75) is 38.8 Å². The molecular formula is C24H27N5O3. The van der Waals surface area contributed by atoms with Crippen LogP contribution in [0.4, 0.5) is 0 Å². The highest BCUT2D eigenvalue weighted by Crippen LogP contribution is 2.31. The quantitative estimate of drug-likeness (QED) is 0.597. The van der Waals surface area contributed by atoms with Crippen LogP contribution < -0.4 is 10.1 Å². The number of nitrogens with one attached hydrogen (secondary N) is 2. The first-order chi connectivity index (χ1) is 15.5. The molecule has 2 N–H and O–H groups in total. The lowest BCUT2D eigenvalue weighted by Crippen LogP contribution is -2.39. The molecule has 1 aliphatic rings. The summed E-state index contributed by atoms with van der Waals surface area (Å²) in [5, 5.41) is 10.2. The number of aromatic nitrogens is 3. The van der Waals surface area contributed by atoms with Gasteiger partial charge in [0.25, 0.3) is 5.91 Å². The minimum atomic E-state index is -0.295. The van der Waals surface area contributed by atoms with Gasteiger partial charge in [-0.25, -0.2) is 4.98 Å². The van der Waals surface area contributed by atoms with Gasteiger partial charge in [-0.3, -0.25) is 14.7 Å². The lowest BCUT2D eigenvalue weighted by atomic mass is 10.1. The van der Waals surface area contributed by atoms with E-state index in [0.717, 1.165) is 11.3 Å². The maximum absolute atomic E-state index is 13.2. The van der Waals surface area contributed by atoms with E-state index in [1.165, 1.54) is 0 Å². The van der Waals surface area contributed by atoms with Crippen LogP contribution in [-0.2, 0) is 11.2 Å². The van der Waals surface area contributed by atoms with Gasteiger partial charge >= 0.3 is 0 Å². The van der Waals surface area contributed by atoms with E-state index in [1.54, 1.807) is 17.0 Å². The second kappa shape index (κ2) is 9.64. The molecule has 0 bridgehead atoms. The SMILES string of the molecule is CCOc1ccc(CC(=O)N2C[C@@H](NC(=O)c3ccccc3)C[C@H]2c2n[nH]c(C)n2)cc1. The number of nitrogens with zero attached hydrogens (tertiary/aromatic N) is 3. The third-order valence-corrected chi connectivity index (χ3v) is 5.49. The molecule has 2 atom stereocenters. The summed E-state index contributed by atoms with van der Waals surface area (Å²) in [5.74, 6) is 1.86. The number of carbonyl (C=O) groups excluding carboxylic acids is 2. The highest BCUT2D eigenvalue weighted by atomic mass is 16.5. The number of rotatable bonds is 7. The van der Waals surface area contributed by atoms with E-state index in [-0.39, 0.29) is 30.3 Å². The zero-order valence-electron chi connectivity index (χ0n) is 18.2. The van der Waals surface area contributed by atoms with E-state index in [9.17, 15) is 9.59 Å². The van der Waals surface area contributed by atoms with Gasteiger partial charge in [0.15, 0.2) is 5.82 Å². The van der Waals surface area contributed by atoms with Crippen LogP contribution in [0.25, 0.3) is 0 Å². The Balaban J connectivity index is 1.48. The Labute approximate surface area is 187 Å². The highest BCUT2D eigenvalue weighted by Gasteiger charge is 2.39. The van der Waals surface area contributed by atoms with Crippen molar-refractivity contribution in [1.29, 1.82) is 0 Å². The van der Waals surface area contributed by atoms with Crippen LogP contribution in [0.1, 0.15) is 47.0 Å². The number of carbonyl (C=O) groups is 2. The summed E-state index contributed by atoms with van der Waals surface area (Å²) in [7, 11) is 0. The van der Waals surface area contributed by atoms with Crippen molar-refractivity contribution < 1.29 is 14.3 Å². The number of ether oxygens (including phenoxy) is 1. The maximum Gasteiger partial charge on any atom is 0.251 e. The summed E-state index contributed by atoms with van der Waals surface area (Å²) >= 11 is 0. The van der Waals surface area contributed by atoms with Gasteiger partial charge in [0, 0.05) is 18.2 Å². The van der Waals surface area contributed by atoms with Crippen LogP contribution in [0.5, 0.6) is 5.75 Å². The van der Waals surface area contributed by atoms with E-state index in [1.807, 2.05) is 56.3 Å². The molecular weight excluding hydrogens is 406 g/mol. The van der Waals surface area contributed by atoms with E-state index in [4.69, 9.17) is 4.74 Å². The smallest absolute Gasteiger partial charge is 0.251 e. The largest absolute Gasteiger partial charge is 0.494 e. The molecule has 1 saturated heterocycles. The summed E-state index contributed by atoms with van der Waals surface area (Å²) in [6, 6.07) is 16.1. The first-order valence-corrected chi connectivity index (χ1v) is 10.8. The van der Waals surface area contributed by atoms with E-state index in [0.29, 0.717) is 36.8 Å². The standard InChI is InChI=1S/C24H27N5O3/c1-3-32-20-11-9-17(10-12-20)13-22(30)29-15-19(14-21(29)23-25-16(2)27-28-23)26-24(31)18-7-5-4-6-8-18/h4-12,19,21H,3,13-15H2,1-2H3,(H,26,31)(H,25,27,28)/t19-,21-/m0/s1. The predicted octanol–water partition coefficient (Wildman–Crippen LogP) is 2.83. The number of hydrogen-bond acceptors (Lipinski definition) is 5. The molecule has 0 radical (unpaired) electrons.